The number of hydrogen-bond acceptors (Lipinski definition) is 4. The molecule has 0 bridgehead atoms. The SMILES string of the molecule is Cn1cnnc1CNCC1CCSCC1. The monoisotopic (exact) mass is 226 g/mol. The van der Waals surface area contributed by atoms with E-state index >= 15 is 0 Å². The van der Waals surface area contributed by atoms with Gasteiger partial charge in [0.25, 0.3) is 0 Å². The van der Waals surface area contributed by atoms with Crippen LogP contribution in [0.15, 0.2) is 6.33 Å². The molecule has 1 saturated heterocycles. The maximum absolute atomic E-state index is 4.04. The molecular weight excluding hydrogens is 208 g/mol. The molecule has 1 aromatic rings. The Morgan fingerprint density at radius 3 is 3.00 bits per heavy atom. The van der Waals surface area contributed by atoms with Crippen LogP contribution in [0.1, 0.15) is 18.7 Å². The zero-order valence-electron chi connectivity index (χ0n) is 9.15. The van der Waals surface area contributed by atoms with Crippen molar-refractivity contribution in [1.29, 1.82) is 0 Å². The first-order valence-corrected chi connectivity index (χ1v) is 6.63. The average Bonchev–Trinajstić information content (AvgIpc) is 2.66. The van der Waals surface area contributed by atoms with Crippen molar-refractivity contribution >= 4 is 11.8 Å². The third kappa shape index (κ3) is 3.21. The van der Waals surface area contributed by atoms with E-state index in [1.165, 1.54) is 24.3 Å². The molecule has 0 unspecified atom stereocenters. The molecule has 1 aliphatic heterocycles. The first-order chi connectivity index (χ1) is 7.36. The van der Waals surface area contributed by atoms with E-state index in [4.69, 9.17) is 0 Å². The fourth-order valence-corrected chi connectivity index (χ4v) is 3.01. The van der Waals surface area contributed by atoms with Gasteiger partial charge in [0.05, 0.1) is 6.54 Å². The van der Waals surface area contributed by atoms with Crippen LogP contribution < -0.4 is 5.32 Å². The number of thioether (sulfide) groups is 1. The Labute approximate surface area is 94.8 Å². The van der Waals surface area contributed by atoms with Crippen LogP contribution in [0.25, 0.3) is 0 Å². The summed E-state index contributed by atoms with van der Waals surface area (Å²) in [4.78, 5) is 0. The van der Waals surface area contributed by atoms with E-state index in [2.05, 4.69) is 27.3 Å². The first-order valence-electron chi connectivity index (χ1n) is 5.47. The summed E-state index contributed by atoms with van der Waals surface area (Å²) in [6.45, 7) is 1.95. The van der Waals surface area contributed by atoms with Crippen LogP contribution in [0.2, 0.25) is 0 Å². The van der Waals surface area contributed by atoms with Crippen molar-refractivity contribution in [1.82, 2.24) is 20.1 Å². The summed E-state index contributed by atoms with van der Waals surface area (Å²) < 4.78 is 1.96. The van der Waals surface area contributed by atoms with Gasteiger partial charge in [0.2, 0.25) is 0 Å². The van der Waals surface area contributed by atoms with Crippen molar-refractivity contribution in [3.63, 3.8) is 0 Å². The lowest BCUT2D eigenvalue weighted by Crippen LogP contribution is -2.26. The van der Waals surface area contributed by atoms with Gasteiger partial charge in [0.15, 0.2) is 0 Å². The van der Waals surface area contributed by atoms with Gasteiger partial charge in [-0.05, 0) is 36.8 Å². The van der Waals surface area contributed by atoms with Gasteiger partial charge in [-0.3, -0.25) is 0 Å². The molecule has 0 aliphatic carbocycles. The van der Waals surface area contributed by atoms with Gasteiger partial charge in [-0.2, -0.15) is 11.8 Å². The second-order valence-electron chi connectivity index (χ2n) is 4.04. The Hall–Kier alpha value is -0.550. The standard InChI is InChI=1S/C10H18N4S/c1-14-8-12-13-10(14)7-11-6-9-2-4-15-5-3-9/h8-9,11H,2-7H2,1H3. The second kappa shape index (κ2) is 5.51. The lowest BCUT2D eigenvalue weighted by atomic mass is 10.0. The Bertz CT molecular complexity index is 293. The fourth-order valence-electron chi connectivity index (χ4n) is 1.81. The topological polar surface area (TPSA) is 42.7 Å². The number of hydrogen-bond donors (Lipinski definition) is 1. The predicted octanol–water partition coefficient (Wildman–Crippen LogP) is 1.05. The largest absolute Gasteiger partial charge is 0.320 e. The molecule has 1 aromatic heterocycles. The van der Waals surface area contributed by atoms with Crippen molar-refractivity contribution in [2.45, 2.75) is 19.4 Å². The van der Waals surface area contributed by atoms with Gasteiger partial charge in [-0.1, -0.05) is 0 Å². The van der Waals surface area contributed by atoms with Crippen LogP contribution >= 0.6 is 11.8 Å². The van der Waals surface area contributed by atoms with E-state index in [9.17, 15) is 0 Å². The Morgan fingerprint density at radius 1 is 1.53 bits per heavy atom. The summed E-state index contributed by atoms with van der Waals surface area (Å²) in [6, 6.07) is 0. The summed E-state index contributed by atoms with van der Waals surface area (Å²) in [5, 5.41) is 11.4. The van der Waals surface area contributed by atoms with E-state index in [1.807, 2.05) is 11.6 Å². The molecule has 1 fully saturated rings. The van der Waals surface area contributed by atoms with E-state index in [1.54, 1.807) is 6.33 Å². The maximum Gasteiger partial charge on any atom is 0.146 e. The summed E-state index contributed by atoms with van der Waals surface area (Å²) >= 11 is 2.08. The van der Waals surface area contributed by atoms with Crippen LogP contribution in [-0.2, 0) is 13.6 Å². The molecule has 2 heterocycles. The van der Waals surface area contributed by atoms with Crippen molar-refractivity contribution in [3.05, 3.63) is 12.2 Å². The lowest BCUT2D eigenvalue weighted by molar-refractivity contribution is 0.442. The molecule has 0 saturated carbocycles. The van der Waals surface area contributed by atoms with E-state index in [0.29, 0.717) is 0 Å². The van der Waals surface area contributed by atoms with Crippen LogP contribution in [0, 0.1) is 5.92 Å². The molecule has 0 radical (unpaired) electrons. The lowest BCUT2D eigenvalue weighted by Gasteiger charge is -2.21. The molecule has 2 rings (SSSR count). The number of aromatic nitrogens is 3. The molecule has 0 atom stereocenters. The Morgan fingerprint density at radius 2 is 2.33 bits per heavy atom. The van der Waals surface area contributed by atoms with Crippen molar-refractivity contribution in [3.8, 4) is 0 Å². The third-order valence-corrected chi connectivity index (χ3v) is 3.91. The zero-order valence-corrected chi connectivity index (χ0v) is 9.96. The summed E-state index contributed by atoms with van der Waals surface area (Å²) in [5.74, 6) is 4.53. The van der Waals surface area contributed by atoms with Gasteiger partial charge in [0, 0.05) is 7.05 Å². The van der Waals surface area contributed by atoms with Crippen LogP contribution in [0.3, 0.4) is 0 Å². The van der Waals surface area contributed by atoms with Gasteiger partial charge in [-0.15, -0.1) is 10.2 Å². The summed E-state index contributed by atoms with van der Waals surface area (Å²) in [7, 11) is 1.98. The predicted molar refractivity (Wildman–Crippen MR) is 62.8 cm³/mol. The Kier molecular flexibility index (Phi) is 4.02. The molecule has 4 nitrogen and oxygen atoms in total. The highest BCUT2D eigenvalue weighted by Crippen LogP contribution is 2.21. The van der Waals surface area contributed by atoms with E-state index in [-0.39, 0.29) is 0 Å². The zero-order chi connectivity index (χ0) is 10.5. The van der Waals surface area contributed by atoms with Crippen LogP contribution in [0.4, 0.5) is 0 Å². The molecule has 0 spiro atoms. The van der Waals surface area contributed by atoms with Gasteiger partial charge >= 0.3 is 0 Å². The number of aryl methyl sites for hydroxylation is 1. The normalized spacial score (nSPS) is 18.2. The van der Waals surface area contributed by atoms with Gasteiger partial charge in [0.1, 0.15) is 12.2 Å². The third-order valence-electron chi connectivity index (χ3n) is 2.86. The van der Waals surface area contributed by atoms with Crippen LogP contribution in [-0.4, -0.2) is 32.8 Å². The summed E-state index contributed by atoms with van der Waals surface area (Å²) in [5.41, 5.74) is 0. The highest BCUT2D eigenvalue weighted by molar-refractivity contribution is 7.99. The van der Waals surface area contributed by atoms with Crippen LogP contribution in [0.5, 0.6) is 0 Å². The molecule has 84 valence electrons. The molecule has 0 amide bonds. The van der Waals surface area contributed by atoms with E-state index in [0.717, 1.165) is 24.8 Å². The molecular formula is C10H18N4S. The number of nitrogens with one attached hydrogen (secondary N) is 1. The molecule has 1 aliphatic rings. The number of nitrogens with zero attached hydrogens (tertiary/aromatic N) is 3. The Balaban J connectivity index is 1.68. The maximum atomic E-state index is 4.04. The van der Waals surface area contributed by atoms with Gasteiger partial charge in [-0.25, -0.2) is 0 Å². The molecule has 5 heteroatoms. The second-order valence-corrected chi connectivity index (χ2v) is 5.27. The quantitative estimate of drug-likeness (QED) is 0.833. The highest BCUT2D eigenvalue weighted by atomic mass is 32.2. The first kappa shape index (κ1) is 11.0. The molecule has 1 N–H and O–H groups in total. The highest BCUT2D eigenvalue weighted by Gasteiger charge is 2.13. The molecule has 0 aromatic carbocycles. The minimum absolute atomic E-state index is 0.833. The van der Waals surface area contributed by atoms with Gasteiger partial charge < -0.3 is 9.88 Å². The van der Waals surface area contributed by atoms with E-state index < -0.39 is 0 Å². The van der Waals surface area contributed by atoms with Crippen molar-refractivity contribution in [2.24, 2.45) is 13.0 Å². The smallest absolute Gasteiger partial charge is 0.146 e. The van der Waals surface area contributed by atoms with Crippen molar-refractivity contribution < 1.29 is 0 Å². The minimum atomic E-state index is 0.833. The number of rotatable bonds is 4. The molecule has 15 heavy (non-hydrogen) atoms. The minimum Gasteiger partial charge on any atom is -0.320 e. The average molecular weight is 226 g/mol. The summed E-state index contributed by atoms with van der Waals surface area (Å²) in [6.07, 6.45) is 4.46. The fraction of sp³-hybridized carbons (Fsp3) is 0.800. The van der Waals surface area contributed by atoms with Crippen molar-refractivity contribution in [2.75, 3.05) is 18.1 Å².